The number of nitrogens with zero attached hydrogens (tertiary/aromatic N) is 2. The van der Waals surface area contributed by atoms with Crippen LogP contribution in [-0.4, -0.2) is 26.8 Å². The quantitative estimate of drug-likeness (QED) is 0.658. The Morgan fingerprint density at radius 1 is 1.19 bits per heavy atom. The molecule has 2 aromatic carbocycles. The number of thioether (sulfide) groups is 1. The minimum atomic E-state index is -0.372. The van der Waals surface area contributed by atoms with Crippen molar-refractivity contribution in [3.63, 3.8) is 0 Å². The first kappa shape index (κ1) is 18.1. The van der Waals surface area contributed by atoms with E-state index >= 15 is 0 Å². The van der Waals surface area contributed by atoms with Crippen molar-refractivity contribution in [1.29, 1.82) is 0 Å². The van der Waals surface area contributed by atoms with Gasteiger partial charge >= 0.3 is 0 Å². The summed E-state index contributed by atoms with van der Waals surface area (Å²) in [5.74, 6) is 0.00297. The molecule has 0 aliphatic carbocycles. The monoisotopic (exact) mass is 370 g/mol. The number of carbonyl (C=O) groups excluding carboxylic acids is 1. The molecule has 0 bridgehead atoms. The zero-order valence-corrected chi connectivity index (χ0v) is 15.6. The molecule has 1 heterocycles. The third kappa shape index (κ3) is 4.11. The molecule has 0 spiro atoms. The van der Waals surface area contributed by atoms with Crippen LogP contribution in [0.3, 0.4) is 0 Å². The second-order valence-electron chi connectivity index (χ2n) is 6.06. The first-order valence-electron chi connectivity index (χ1n) is 8.12. The Hall–Kier alpha value is -2.67. The van der Waals surface area contributed by atoms with Crippen LogP contribution in [0.25, 0.3) is 11.4 Å². The summed E-state index contributed by atoms with van der Waals surface area (Å²) in [4.78, 5) is 16.5. The van der Waals surface area contributed by atoms with Gasteiger partial charge < -0.3 is 5.32 Å². The molecule has 0 unspecified atom stereocenters. The highest BCUT2D eigenvalue weighted by Gasteiger charge is 2.13. The van der Waals surface area contributed by atoms with E-state index < -0.39 is 0 Å². The number of hydrogen-bond donors (Lipinski definition) is 2. The van der Waals surface area contributed by atoms with Crippen molar-refractivity contribution in [3.8, 4) is 11.4 Å². The molecule has 0 saturated carbocycles. The zero-order chi connectivity index (χ0) is 18.7. The van der Waals surface area contributed by atoms with Gasteiger partial charge in [-0.2, -0.15) is 0 Å². The molecule has 3 aromatic rings. The first-order valence-corrected chi connectivity index (χ1v) is 9.10. The van der Waals surface area contributed by atoms with Gasteiger partial charge in [-0.3, -0.25) is 9.89 Å². The topological polar surface area (TPSA) is 70.7 Å². The van der Waals surface area contributed by atoms with Crippen LogP contribution in [0.1, 0.15) is 16.7 Å². The minimum Gasteiger partial charge on any atom is -0.325 e. The molecule has 134 valence electrons. The van der Waals surface area contributed by atoms with E-state index in [4.69, 9.17) is 0 Å². The Bertz CT molecular complexity index is 931. The number of carbonyl (C=O) groups is 1. The second kappa shape index (κ2) is 7.70. The van der Waals surface area contributed by atoms with Gasteiger partial charge in [0.25, 0.3) is 0 Å². The third-order valence-electron chi connectivity index (χ3n) is 3.87. The van der Waals surface area contributed by atoms with Crippen molar-refractivity contribution in [2.75, 3.05) is 11.1 Å². The van der Waals surface area contributed by atoms with E-state index in [1.54, 1.807) is 18.2 Å². The van der Waals surface area contributed by atoms with Crippen molar-refractivity contribution in [1.82, 2.24) is 15.2 Å². The highest BCUT2D eigenvalue weighted by molar-refractivity contribution is 7.99. The van der Waals surface area contributed by atoms with Crippen molar-refractivity contribution in [3.05, 3.63) is 58.9 Å². The lowest BCUT2D eigenvalue weighted by Crippen LogP contribution is -2.16. The third-order valence-corrected chi connectivity index (χ3v) is 4.71. The Balaban J connectivity index is 1.63. The number of H-pyrrole nitrogens is 1. The summed E-state index contributed by atoms with van der Waals surface area (Å²) in [6.45, 7) is 5.97. The normalized spacial score (nSPS) is 10.8. The standard InChI is InChI=1S/C19H19FN4OS/c1-11-8-12(2)17(13(3)9-11)21-16(25)10-26-19-22-18(23-24-19)14-6-4-5-7-15(14)20/h4-9H,10H2,1-3H3,(H,21,25)(H,22,23,24). The van der Waals surface area contributed by atoms with Crippen molar-refractivity contribution >= 4 is 23.4 Å². The molecule has 1 amide bonds. The van der Waals surface area contributed by atoms with Crippen LogP contribution in [0.5, 0.6) is 0 Å². The molecule has 0 aliphatic rings. The molecule has 2 N–H and O–H groups in total. The molecular formula is C19H19FN4OS. The summed E-state index contributed by atoms with van der Waals surface area (Å²) in [6, 6.07) is 10.4. The second-order valence-corrected chi connectivity index (χ2v) is 7.00. The van der Waals surface area contributed by atoms with E-state index in [9.17, 15) is 9.18 Å². The van der Waals surface area contributed by atoms with Gasteiger partial charge in [0.05, 0.1) is 11.3 Å². The number of aromatic amines is 1. The lowest BCUT2D eigenvalue weighted by Gasteiger charge is -2.12. The van der Waals surface area contributed by atoms with Crippen molar-refractivity contribution in [2.24, 2.45) is 0 Å². The summed E-state index contributed by atoms with van der Waals surface area (Å²) in [5.41, 5.74) is 4.40. The van der Waals surface area contributed by atoms with Crippen LogP contribution >= 0.6 is 11.8 Å². The van der Waals surface area contributed by atoms with Crippen LogP contribution in [-0.2, 0) is 4.79 Å². The van der Waals surface area contributed by atoms with Crippen molar-refractivity contribution in [2.45, 2.75) is 25.9 Å². The summed E-state index contributed by atoms with van der Waals surface area (Å²) < 4.78 is 13.8. The molecular weight excluding hydrogens is 351 g/mol. The van der Waals surface area contributed by atoms with Gasteiger partial charge in [-0.05, 0) is 44.0 Å². The van der Waals surface area contributed by atoms with Gasteiger partial charge in [-0.25, -0.2) is 9.37 Å². The number of halogens is 1. The van der Waals surface area contributed by atoms with Crippen LogP contribution < -0.4 is 5.32 Å². The van der Waals surface area contributed by atoms with Crippen LogP contribution in [0.2, 0.25) is 0 Å². The highest BCUT2D eigenvalue weighted by atomic mass is 32.2. The fourth-order valence-corrected chi connectivity index (χ4v) is 3.37. The van der Waals surface area contributed by atoms with Gasteiger partial charge in [0, 0.05) is 5.69 Å². The number of hydrogen-bond acceptors (Lipinski definition) is 4. The first-order chi connectivity index (χ1) is 12.4. The molecule has 5 nitrogen and oxygen atoms in total. The molecule has 26 heavy (non-hydrogen) atoms. The van der Waals surface area contributed by atoms with Crippen molar-refractivity contribution < 1.29 is 9.18 Å². The van der Waals surface area contributed by atoms with Crippen LogP contribution in [0.4, 0.5) is 10.1 Å². The SMILES string of the molecule is Cc1cc(C)c(NC(=O)CSc2n[nH]c(-c3ccccc3F)n2)c(C)c1. The van der Waals surface area contributed by atoms with Crippen LogP contribution in [0.15, 0.2) is 41.6 Å². The molecule has 0 saturated heterocycles. The Kier molecular flexibility index (Phi) is 5.37. The molecule has 0 fully saturated rings. The van der Waals surface area contributed by atoms with E-state index in [1.165, 1.54) is 17.8 Å². The predicted molar refractivity (Wildman–Crippen MR) is 102 cm³/mol. The molecule has 0 atom stereocenters. The van der Waals surface area contributed by atoms with Gasteiger partial charge in [-0.1, -0.05) is 41.6 Å². The fourth-order valence-electron chi connectivity index (χ4n) is 2.77. The smallest absolute Gasteiger partial charge is 0.234 e. The average molecular weight is 370 g/mol. The number of benzene rings is 2. The number of aromatic nitrogens is 3. The maximum Gasteiger partial charge on any atom is 0.234 e. The Morgan fingerprint density at radius 2 is 1.88 bits per heavy atom. The lowest BCUT2D eigenvalue weighted by atomic mass is 10.1. The number of anilines is 1. The van der Waals surface area contributed by atoms with E-state index in [2.05, 4.69) is 20.5 Å². The molecule has 0 radical (unpaired) electrons. The van der Waals surface area contributed by atoms with Gasteiger partial charge in [-0.15, -0.1) is 5.10 Å². The van der Waals surface area contributed by atoms with Gasteiger partial charge in [0.2, 0.25) is 11.1 Å². The zero-order valence-electron chi connectivity index (χ0n) is 14.8. The number of rotatable bonds is 5. The molecule has 1 aromatic heterocycles. The predicted octanol–water partition coefficient (Wildman–Crippen LogP) is 4.27. The van der Waals surface area contributed by atoms with E-state index in [-0.39, 0.29) is 17.5 Å². The molecule has 0 aliphatic heterocycles. The van der Waals surface area contributed by atoms with Gasteiger partial charge in [0.15, 0.2) is 5.82 Å². The number of aryl methyl sites for hydroxylation is 3. The fraction of sp³-hybridized carbons (Fsp3) is 0.211. The maximum atomic E-state index is 13.8. The largest absolute Gasteiger partial charge is 0.325 e. The Labute approximate surface area is 155 Å². The van der Waals surface area contributed by atoms with E-state index in [1.807, 2.05) is 32.9 Å². The van der Waals surface area contributed by atoms with Gasteiger partial charge in [0.1, 0.15) is 5.82 Å². The molecule has 7 heteroatoms. The summed E-state index contributed by atoms with van der Waals surface area (Å²) in [6.07, 6.45) is 0. The number of nitrogens with one attached hydrogen (secondary N) is 2. The van der Waals surface area contributed by atoms with E-state index in [0.29, 0.717) is 16.5 Å². The van der Waals surface area contributed by atoms with Crippen LogP contribution in [0, 0.1) is 26.6 Å². The molecule has 3 rings (SSSR count). The minimum absolute atomic E-state index is 0.137. The van der Waals surface area contributed by atoms with E-state index in [0.717, 1.165) is 22.4 Å². The maximum absolute atomic E-state index is 13.8. The summed E-state index contributed by atoms with van der Waals surface area (Å²) in [7, 11) is 0. The average Bonchev–Trinajstić information content (AvgIpc) is 3.05. The summed E-state index contributed by atoms with van der Waals surface area (Å²) in [5, 5.41) is 10.1. The highest BCUT2D eigenvalue weighted by Crippen LogP contribution is 2.24. The lowest BCUT2D eigenvalue weighted by molar-refractivity contribution is -0.113. The Morgan fingerprint density at radius 3 is 2.58 bits per heavy atom. The number of amides is 1. The summed E-state index contributed by atoms with van der Waals surface area (Å²) >= 11 is 1.20.